The third-order valence-electron chi connectivity index (χ3n) is 3.86. The van der Waals surface area contributed by atoms with Crippen molar-refractivity contribution in [2.24, 2.45) is 0 Å². The maximum atomic E-state index is 12.2. The van der Waals surface area contributed by atoms with Gasteiger partial charge in [-0.05, 0) is 44.2 Å². The van der Waals surface area contributed by atoms with Gasteiger partial charge in [0.2, 0.25) is 0 Å². The Morgan fingerprint density at radius 2 is 1.70 bits per heavy atom. The number of hydrogen-bond donors (Lipinski definition) is 3. The minimum atomic E-state index is -0.460. The van der Waals surface area contributed by atoms with E-state index in [1.165, 1.54) is 0 Å². The Morgan fingerprint density at radius 1 is 0.963 bits per heavy atom. The first-order valence-corrected chi connectivity index (χ1v) is 8.59. The number of hydrazine groups is 1. The van der Waals surface area contributed by atoms with Crippen LogP contribution in [0.25, 0.3) is 10.9 Å². The smallest absolute Gasteiger partial charge is 0.286 e. The number of ether oxygens (including phenoxy) is 2. The third kappa shape index (κ3) is 4.78. The second-order valence-electron chi connectivity index (χ2n) is 5.97. The zero-order chi connectivity index (χ0) is 19.2. The molecule has 1 aromatic heterocycles. The Kier molecular flexibility index (Phi) is 5.61. The normalized spacial score (nSPS) is 10.4. The lowest BCUT2D eigenvalue weighted by molar-refractivity contribution is -0.123. The van der Waals surface area contributed by atoms with E-state index in [1.807, 2.05) is 44.2 Å². The number of fused-ring (bicyclic) bond motifs is 1. The standard InChI is InChI=1S/C20H21N3O4/c1-3-26-16-9-6-14-10-18(21-17(14)11-16)20(25)23-22-19(24)12-27-15-7-4-13(2)5-8-15/h4-11,21H,3,12H2,1-2H3,(H,22,24)(H,23,25). The van der Waals surface area contributed by atoms with Crippen LogP contribution in [0.2, 0.25) is 0 Å². The average Bonchev–Trinajstić information content (AvgIpc) is 3.09. The van der Waals surface area contributed by atoms with Gasteiger partial charge in [-0.3, -0.25) is 20.4 Å². The molecule has 1 heterocycles. The maximum Gasteiger partial charge on any atom is 0.286 e. The predicted octanol–water partition coefficient (Wildman–Crippen LogP) is 2.72. The average molecular weight is 367 g/mol. The van der Waals surface area contributed by atoms with E-state index in [-0.39, 0.29) is 6.61 Å². The summed E-state index contributed by atoms with van der Waals surface area (Å²) in [5.41, 5.74) is 6.91. The summed E-state index contributed by atoms with van der Waals surface area (Å²) in [6.45, 7) is 4.24. The molecule has 2 aromatic carbocycles. The first kappa shape index (κ1) is 18.3. The Bertz CT molecular complexity index is 948. The van der Waals surface area contributed by atoms with Crippen LogP contribution in [0.5, 0.6) is 11.5 Å². The van der Waals surface area contributed by atoms with Crippen molar-refractivity contribution < 1.29 is 19.1 Å². The molecule has 7 heteroatoms. The summed E-state index contributed by atoms with van der Waals surface area (Å²) < 4.78 is 10.8. The van der Waals surface area contributed by atoms with Crippen LogP contribution in [-0.2, 0) is 4.79 Å². The Labute approximate surface area is 156 Å². The Morgan fingerprint density at radius 3 is 2.44 bits per heavy atom. The molecule has 0 saturated heterocycles. The van der Waals surface area contributed by atoms with Crippen molar-refractivity contribution in [2.75, 3.05) is 13.2 Å². The lowest BCUT2D eigenvalue weighted by atomic mass is 10.2. The number of benzene rings is 2. The Hall–Kier alpha value is -3.48. The number of aryl methyl sites for hydroxylation is 1. The topological polar surface area (TPSA) is 92.5 Å². The molecule has 0 unspecified atom stereocenters. The molecule has 140 valence electrons. The van der Waals surface area contributed by atoms with E-state index in [4.69, 9.17) is 9.47 Å². The van der Waals surface area contributed by atoms with Crippen LogP contribution >= 0.6 is 0 Å². The highest BCUT2D eigenvalue weighted by Gasteiger charge is 2.11. The van der Waals surface area contributed by atoms with E-state index >= 15 is 0 Å². The molecule has 27 heavy (non-hydrogen) atoms. The molecule has 0 aliphatic rings. The lowest BCUT2D eigenvalue weighted by Crippen LogP contribution is -2.43. The molecule has 0 radical (unpaired) electrons. The zero-order valence-corrected chi connectivity index (χ0v) is 15.2. The second-order valence-corrected chi connectivity index (χ2v) is 5.97. The Balaban J connectivity index is 1.53. The molecule has 0 aliphatic heterocycles. The van der Waals surface area contributed by atoms with Crippen molar-refractivity contribution >= 4 is 22.7 Å². The van der Waals surface area contributed by atoms with Crippen LogP contribution in [0.4, 0.5) is 0 Å². The highest BCUT2D eigenvalue weighted by molar-refractivity contribution is 5.99. The van der Waals surface area contributed by atoms with Crippen molar-refractivity contribution in [1.82, 2.24) is 15.8 Å². The number of carbonyl (C=O) groups excluding carboxylic acids is 2. The number of aromatic amines is 1. The number of nitrogens with one attached hydrogen (secondary N) is 3. The molecule has 3 aromatic rings. The highest BCUT2D eigenvalue weighted by atomic mass is 16.5. The molecular formula is C20H21N3O4. The molecule has 0 bridgehead atoms. The highest BCUT2D eigenvalue weighted by Crippen LogP contribution is 2.21. The van der Waals surface area contributed by atoms with Gasteiger partial charge in [0.15, 0.2) is 6.61 Å². The molecule has 7 nitrogen and oxygen atoms in total. The summed E-state index contributed by atoms with van der Waals surface area (Å²) in [4.78, 5) is 27.0. The summed E-state index contributed by atoms with van der Waals surface area (Å²) in [5, 5.41) is 0.873. The third-order valence-corrected chi connectivity index (χ3v) is 3.86. The summed E-state index contributed by atoms with van der Waals surface area (Å²) >= 11 is 0. The molecule has 3 rings (SSSR count). The number of amides is 2. The minimum absolute atomic E-state index is 0.201. The molecular weight excluding hydrogens is 346 g/mol. The van der Waals surface area contributed by atoms with Crippen LogP contribution < -0.4 is 20.3 Å². The van der Waals surface area contributed by atoms with Crippen molar-refractivity contribution in [2.45, 2.75) is 13.8 Å². The molecule has 0 atom stereocenters. The number of rotatable bonds is 6. The van der Waals surface area contributed by atoms with Crippen LogP contribution in [-0.4, -0.2) is 30.0 Å². The van der Waals surface area contributed by atoms with E-state index in [0.717, 1.165) is 22.2 Å². The quantitative estimate of drug-likeness (QED) is 0.584. The summed E-state index contributed by atoms with van der Waals surface area (Å²) in [6, 6.07) is 14.6. The van der Waals surface area contributed by atoms with Crippen molar-refractivity contribution in [3.63, 3.8) is 0 Å². The molecule has 3 N–H and O–H groups in total. The van der Waals surface area contributed by atoms with Gasteiger partial charge in [-0.2, -0.15) is 0 Å². The number of aromatic nitrogens is 1. The summed E-state index contributed by atoms with van der Waals surface area (Å²) in [5.74, 6) is 0.398. The molecule has 0 spiro atoms. The van der Waals surface area contributed by atoms with Gasteiger partial charge in [-0.1, -0.05) is 17.7 Å². The fourth-order valence-electron chi connectivity index (χ4n) is 2.50. The molecule has 0 fully saturated rings. The minimum Gasteiger partial charge on any atom is -0.494 e. The zero-order valence-electron chi connectivity index (χ0n) is 15.2. The largest absolute Gasteiger partial charge is 0.494 e. The molecule has 0 saturated carbocycles. The van der Waals surface area contributed by atoms with Gasteiger partial charge in [0, 0.05) is 17.0 Å². The van der Waals surface area contributed by atoms with E-state index in [1.54, 1.807) is 18.2 Å². The van der Waals surface area contributed by atoms with Crippen molar-refractivity contribution in [1.29, 1.82) is 0 Å². The van der Waals surface area contributed by atoms with Gasteiger partial charge in [0.25, 0.3) is 11.8 Å². The van der Waals surface area contributed by atoms with Gasteiger partial charge < -0.3 is 14.5 Å². The van der Waals surface area contributed by atoms with Crippen molar-refractivity contribution in [3.05, 3.63) is 59.8 Å². The predicted molar refractivity (Wildman–Crippen MR) is 102 cm³/mol. The maximum absolute atomic E-state index is 12.2. The second kappa shape index (κ2) is 8.27. The van der Waals surface area contributed by atoms with Crippen LogP contribution in [0, 0.1) is 6.92 Å². The number of H-pyrrole nitrogens is 1. The van der Waals surface area contributed by atoms with Gasteiger partial charge in [-0.15, -0.1) is 0 Å². The van der Waals surface area contributed by atoms with Gasteiger partial charge >= 0.3 is 0 Å². The monoisotopic (exact) mass is 367 g/mol. The summed E-state index contributed by atoms with van der Waals surface area (Å²) in [6.07, 6.45) is 0. The van der Waals surface area contributed by atoms with Gasteiger partial charge in [0.05, 0.1) is 6.61 Å². The fourth-order valence-corrected chi connectivity index (χ4v) is 2.50. The van der Waals surface area contributed by atoms with Crippen LogP contribution in [0.1, 0.15) is 23.0 Å². The van der Waals surface area contributed by atoms with Gasteiger partial charge in [-0.25, -0.2) is 0 Å². The van der Waals surface area contributed by atoms with Gasteiger partial charge in [0.1, 0.15) is 17.2 Å². The molecule has 0 aliphatic carbocycles. The van der Waals surface area contributed by atoms with E-state index in [9.17, 15) is 9.59 Å². The lowest BCUT2D eigenvalue weighted by Gasteiger charge is -2.08. The van der Waals surface area contributed by atoms with Crippen LogP contribution in [0.3, 0.4) is 0 Å². The first-order chi connectivity index (χ1) is 13.0. The van der Waals surface area contributed by atoms with E-state index in [2.05, 4.69) is 15.8 Å². The first-order valence-electron chi connectivity index (χ1n) is 8.59. The fraction of sp³-hybridized carbons (Fsp3) is 0.200. The van der Waals surface area contributed by atoms with Crippen molar-refractivity contribution in [3.8, 4) is 11.5 Å². The number of hydrogen-bond acceptors (Lipinski definition) is 4. The van der Waals surface area contributed by atoms with Crippen LogP contribution in [0.15, 0.2) is 48.5 Å². The molecule has 2 amide bonds. The van der Waals surface area contributed by atoms with E-state index in [0.29, 0.717) is 18.1 Å². The van der Waals surface area contributed by atoms with E-state index < -0.39 is 11.8 Å². The SMILES string of the molecule is CCOc1ccc2cc(C(=O)NNC(=O)COc3ccc(C)cc3)[nH]c2c1. The summed E-state index contributed by atoms with van der Waals surface area (Å²) in [7, 11) is 0. The number of carbonyl (C=O) groups is 2.